The molecule has 200 valence electrons. The van der Waals surface area contributed by atoms with Gasteiger partial charge in [0.2, 0.25) is 0 Å². The molecule has 0 unspecified atom stereocenters. The number of furan rings is 1. The summed E-state index contributed by atoms with van der Waals surface area (Å²) in [5.41, 5.74) is -1.33. The fourth-order valence-corrected chi connectivity index (χ4v) is 5.67. The highest BCUT2D eigenvalue weighted by atomic mass is 16.3. The molecule has 0 N–H and O–H groups in total. The first-order chi connectivity index (χ1) is 28.8. The monoisotopic (exact) mass is 564 g/mol. The number of para-hydroxylation sites is 1. The van der Waals surface area contributed by atoms with Gasteiger partial charge in [-0.05, 0) is 78.3 Å². The van der Waals surface area contributed by atoms with E-state index in [2.05, 4.69) is 0 Å². The first-order valence-corrected chi connectivity index (χ1v) is 13.3. The molecule has 1 heteroatoms. The summed E-state index contributed by atoms with van der Waals surface area (Å²) in [6.07, 6.45) is 0. The molecule has 0 saturated heterocycles. The first-order valence-electron chi connectivity index (χ1n) is 22.3. The van der Waals surface area contributed by atoms with Crippen LogP contribution in [0.25, 0.3) is 87.6 Å². The van der Waals surface area contributed by atoms with Crippen molar-refractivity contribution in [1.82, 2.24) is 0 Å². The van der Waals surface area contributed by atoms with Gasteiger partial charge in [-0.2, -0.15) is 0 Å². The third-order valence-corrected chi connectivity index (χ3v) is 7.49. The van der Waals surface area contributed by atoms with E-state index in [0.717, 1.165) is 0 Å². The normalized spacial score (nSPS) is 17.6. The molecule has 0 aliphatic rings. The van der Waals surface area contributed by atoms with E-state index >= 15 is 0 Å². The molecular weight excluding hydrogens is 520 g/mol. The zero-order valence-electron chi connectivity index (χ0n) is 40.0. The maximum absolute atomic E-state index is 9.76. The summed E-state index contributed by atoms with van der Waals surface area (Å²) in [6.45, 7) is 0. The molecule has 0 fully saturated rings. The van der Waals surface area contributed by atoms with E-state index in [9.17, 15) is 6.85 Å². The van der Waals surface area contributed by atoms with Crippen LogP contribution in [0.1, 0.15) is 24.7 Å². The summed E-state index contributed by atoms with van der Waals surface area (Å²) in [5, 5.41) is 0.527. The molecule has 1 heterocycles. The quantitative estimate of drug-likeness (QED) is 0.195. The van der Waals surface area contributed by atoms with Gasteiger partial charge in [-0.1, -0.05) is 139 Å². The van der Waals surface area contributed by atoms with Gasteiger partial charge in [0.15, 0.2) is 0 Å². The van der Waals surface area contributed by atoms with Crippen molar-refractivity contribution < 1.29 is 29.1 Å². The van der Waals surface area contributed by atoms with Gasteiger partial charge in [0.25, 0.3) is 0 Å². The van der Waals surface area contributed by atoms with Gasteiger partial charge in [-0.25, -0.2) is 0 Å². The maximum Gasteiger partial charge on any atom is 0.143 e. The Hall–Kier alpha value is -5.66. The molecule has 0 aliphatic heterocycles. The van der Waals surface area contributed by atoms with Crippen LogP contribution in [0.15, 0.2) is 162 Å². The lowest BCUT2D eigenvalue weighted by molar-refractivity contribution is 0.670. The van der Waals surface area contributed by atoms with Crippen LogP contribution < -0.4 is 0 Å². The predicted molar refractivity (Wildman–Crippen MR) is 183 cm³/mol. The minimum atomic E-state index is -0.719. The average molecular weight is 565 g/mol. The van der Waals surface area contributed by atoms with Crippen molar-refractivity contribution in [2.75, 3.05) is 0 Å². The van der Waals surface area contributed by atoms with Crippen LogP contribution in [0.5, 0.6) is 0 Å². The Balaban J connectivity index is 1.45. The van der Waals surface area contributed by atoms with Crippen molar-refractivity contribution in [3.05, 3.63) is 157 Å². The fraction of sp³-hybridized carbons (Fsp3) is 0. The topological polar surface area (TPSA) is 13.1 Å². The zero-order chi connectivity index (χ0) is 44.0. The predicted octanol–water partition coefficient (Wildman–Crippen LogP) is 12.0. The van der Waals surface area contributed by atoms with E-state index in [4.69, 9.17) is 22.2 Å². The van der Waals surface area contributed by atoms with E-state index in [-0.39, 0.29) is 55.0 Å². The number of hydrogen-bond donors (Lipinski definition) is 0. The minimum absolute atomic E-state index is 0.0932. The fourth-order valence-electron chi connectivity index (χ4n) is 5.67. The molecule has 0 bridgehead atoms. The third kappa shape index (κ3) is 3.72. The Morgan fingerprint density at radius 1 is 0.419 bits per heavy atom. The van der Waals surface area contributed by atoms with Crippen molar-refractivity contribution in [3.63, 3.8) is 0 Å². The van der Waals surface area contributed by atoms with Crippen molar-refractivity contribution in [2.24, 2.45) is 0 Å². The molecule has 1 nitrogen and oxygen atoms in total. The third-order valence-electron chi connectivity index (χ3n) is 7.49. The lowest BCUT2D eigenvalue weighted by Gasteiger charge is -2.18. The molecule has 0 spiro atoms. The SMILES string of the molecule is [2H]c1c([2H])c([2H])c(-c2c([2H])c([2H])c([2H])c3c2oc2c([2H])c([2H])c(-c4c5ccccc5c(-c5c([2H])c([2H])c6c([2H])c([2H])c([2H])c([2H])c6c5[2H])c5ccccc45)c([2H])c23)c([2H])c1[2H]. The van der Waals surface area contributed by atoms with Crippen molar-refractivity contribution in [3.8, 4) is 33.4 Å². The number of hydrogen-bond acceptors (Lipinski definition) is 1. The van der Waals surface area contributed by atoms with E-state index in [0.29, 0.717) is 21.5 Å². The van der Waals surface area contributed by atoms with E-state index in [1.165, 1.54) is 0 Å². The Morgan fingerprint density at radius 2 is 1.02 bits per heavy atom. The van der Waals surface area contributed by atoms with Crippen LogP contribution in [0.2, 0.25) is 0 Å². The summed E-state index contributed by atoms with van der Waals surface area (Å²) in [5.74, 6) is 0. The highest BCUT2D eigenvalue weighted by Crippen LogP contribution is 2.45. The molecule has 0 radical (unpaired) electrons. The molecule has 43 heavy (non-hydrogen) atoms. The van der Waals surface area contributed by atoms with Gasteiger partial charge in [0.05, 0.1) is 24.7 Å². The zero-order valence-corrected chi connectivity index (χ0v) is 22.0. The van der Waals surface area contributed by atoms with Crippen molar-refractivity contribution >= 4 is 54.3 Å². The number of rotatable bonds is 3. The van der Waals surface area contributed by atoms with Crippen LogP contribution in [0.3, 0.4) is 0 Å². The molecular formula is C42H26O. The molecule has 0 amide bonds. The van der Waals surface area contributed by atoms with Gasteiger partial charge in [0, 0.05) is 16.3 Å². The van der Waals surface area contributed by atoms with E-state index < -0.39 is 120 Å². The second kappa shape index (κ2) is 9.44. The second-order valence-electron chi connectivity index (χ2n) is 9.85. The Labute approximate surface area is 274 Å². The molecule has 0 atom stereocenters. The summed E-state index contributed by atoms with van der Waals surface area (Å²) < 4.78 is 164. The molecule has 0 aliphatic carbocycles. The lowest BCUT2D eigenvalue weighted by atomic mass is 9.85. The first kappa shape index (κ1) is 12.3. The maximum atomic E-state index is 9.76. The van der Waals surface area contributed by atoms with Crippen molar-refractivity contribution in [1.29, 1.82) is 0 Å². The van der Waals surface area contributed by atoms with Gasteiger partial charge < -0.3 is 4.42 Å². The minimum Gasteiger partial charge on any atom is -0.455 e. The summed E-state index contributed by atoms with van der Waals surface area (Å²) >= 11 is 0. The highest BCUT2D eigenvalue weighted by Gasteiger charge is 2.18. The molecule has 9 rings (SSSR count). The summed E-state index contributed by atoms with van der Waals surface area (Å²) in [6, 6.07) is 2.71. The number of fused-ring (bicyclic) bond motifs is 6. The second-order valence-corrected chi connectivity index (χ2v) is 9.85. The molecule has 0 saturated carbocycles. The lowest BCUT2D eigenvalue weighted by Crippen LogP contribution is -1.91. The smallest absolute Gasteiger partial charge is 0.143 e. The van der Waals surface area contributed by atoms with Crippen LogP contribution in [0, 0.1) is 0 Å². The van der Waals surface area contributed by atoms with Crippen LogP contribution >= 0.6 is 0 Å². The molecule has 8 aromatic carbocycles. The molecule has 1 aromatic heterocycles. The number of benzene rings is 8. The van der Waals surface area contributed by atoms with Gasteiger partial charge in [0.1, 0.15) is 11.2 Å². The van der Waals surface area contributed by atoms with Crippen molar-refractivity contribution in [2.45, 2.75) is 0 Å². The largest absolute Gasteiger partial charge is 0.455 e. The Bertz CT molecular complexity index is 3430. The van der Waals surface area contributed by atoms with Crippen LogP contribution in [-0.4, -0.2) is 0 Å². The average Bonchev–Trinajstić information content (AvgIpc) is 3.65. The van der Waals surface area contributed by atoms with Crippen LogP contribution in [0.4, 0.5) is 0 Å². The van der Waals surface area contributed by atoms with Gasteiger partial charge in [-0.15, -0.1) is 0 Å². The van der Waals surface area contributed by atoms with Gasteiger partial charge in [-0.3, -0.25) is 0 Å². The van der Waals surface area contributed by atoms with Crippen LogP contribution in [-0.2, 0) is 0 Å². The standard InChI is InChI=1S/C42H26O/c1-2-12-28(13-3-1)32-19-10-20-37-38-26-31(23-24-39(38)43-42(32)37)41-35-17-8-6-15-33(35)40(34-16-7-9-18-36(34)41)30-22-21-27-11-4-5-14-29(27)25-30/h1-26H/i1D,2D,3D,4D,5D,10D,11D,12D,13D,14D,19D,20D,21D,22D,23D,24D,25D,26D. The Kier molecular flexibility index (Phi) is 2.70. The highest BCUT2D eigenvalue weighted by molar-refractivity contribution is 6.22. The van der Waals surface area contributed by atoms with E-state index in [1.54, 1.807) is 48.5 Å². The summed E-state index contributed by atoms with van der Waals surface area (Å²) in [7, 11) is 0. The Morgan fingerprint density at radius 3 is 1.72 bits per heavy atom. The summed E-state index contributed by atoms with van der Waals surface area (Å²) in [4.78, 5) is 0. The molecule has 9 aromatic rings. The van der Waals surface area contributed by atoms with E-state index in [1.807, 2.05) is 0 Å². The van der Waals surface area contributed by atoms with Gasteiger partial charge >= 0.3 is 0 Å².